The molecule has 1 aromatic heterocycles. The normalized spacial score (nSPS) is 10.8. The molecule has 126 valence electrons. The van der Waals surface area contributed by atoms with E-state index in [9.17, 15) is 4.79 Å². The Kier molecular flexibility index (Phi) is 5.53. The molecule has 0 bridgehead atoms. The fourth-order valence-corrected chi connectivity index (χ4v) is 2.80. The second-order valence-corrected chi connectivity index (χ2v) is 6.16. The van der Waals surface area contributed by atoms with Crippen molar-refractivity contribution in [2.75, 3.05) is 10.7 Å². The highest BCUT2D eigenvalue weighted by Crippen LogP contribution is 2.26. The molecule has 0 saturated carbocycles. The van der Waals surface area contributed by atoms with Gasteiger partial charge in [0.2, 0.25) is 11.0 Å². The Morgan fingerprint density at radius 2 is 1.92 bits per heavy atom. The molecule has 0 aliphatic rings. The summed E-state index contributed by atoms with van der Waals surface area (Å²) < 4.78 is 0. The van der Waals surface area contributed by atoms with Gasteiger partial charge >= 0.3 is 0 Å². The summed E-state index contributed by atoms with van der Waals surface area (Å²) in [5, 5.41) is 9.73. The molecule has 1 heterocycles. The molecule has 2 aromatic carbocycles. The van der Waals surface area contributed by atoms with E-state index in [1.807, 2.05) is 66.9 Å². The van der Waals surface area contributed by atoms with Crippen molar-refractivity contribution in [3.63, 3.8) is 0 Å². The molecule has 0 aliphatic carbocycles. The lowest BCUT2D eigenvalue weighted by molar-refractivity contribution is -0.115. The minimum Gasteiger partial charge on any atom is -0.326 e. The summed E-state index contributed by atoms with van der Waals surface area (Å²) in [5.74, 6) is 0.00386. The molecule has 2 N–H and O–H groups in total. The average Bonchev–Trinajstić information content (AvgIpc) is 3.12. The van der Waals surface area contributed by atoms with E-state index in [1.165, 1.54) is 11.3 Å². The topological polar surface area (TPSA) is 66.4 Å². The fraction of sp³-hybridized carbons (Fsp3) is 0.105. The maximum atomic E-state index is 11.4. The predicted octanol–water partition coefficient (Wildman–Crippen LogP) is 4.60. The van der Waals surface area contributed by atoms with Gasteiger partial charge < -0.3 is 5.32 Å². The van der Waals surface area contributed by atoms with Gasteiger partial charge in [-0.05, 0) is 17.7 Å². The molecule has 0 radical (unpaired) electrons. The summed E-state index contributed by atoms with van der Waals surface area (Å²) in [5.41, 5.74) is 6.62. The van der Waals surface area contributed by atoms with Gasteiger partial charge in [-0.15, -0.1) is 11.3 Å². The zero-order valence-corrected chi connectivity index (χ0v) is 14.6. The summed E-state index contributed by atoms with van der Waals surface area (Å²) in [6.45, 7) is 1.83. The Balaban J connectivity index is 1.63. The van der Waals surface area contributed by atoms with Crippen molar-refractivity contribution in [3.8, 4) is 11.3 Å². The van der Waals surface area contributed by atoms with Gasteiger partial charge in [0.05, 0.1) is 11.9 Å². The summed E-state index contributed by atoms with van der Waals surface area (Å²) >= 11 is 1.49. The van der Waals surface area contributed by atoms with Crippen molar-refractivity contribution in [2.24, 2.45) is 5.10 Å². The van der Waals surface area contributed by atoms with E-state index < -0.39 is 0 Å². The molecule has 1 amide bonds. The largest absolute Gasteiger partial charge is 0.326 e. The van der Waals surface area contributed by atoms with Crippen LogP contribution in [0.1, 0.15) is 18.9 Å². The third-order valence-electron chi connectivity index (χ3n) is 3.46. The van der Waals surface area contributed by atoms with Crippen LogP contribution in [0.4, 0.5) is 10.8 Å². The molecule has 6 heteroatoms. The smallest absolute Gasteiger partial charge is 0.224 e. The molecular formula is C19H18N4OS. The summed E-state index contributed by atoms with van der Waals surface area (Å²) in [6, 6.07) is 17.5. The second kappa shape index (κ2) is 8.21. The molecule has 25 heavy (non-hydrogen) atoms. The SMILES string of the molecule is CCC(=O)Nc1ccc(-c2csc(N/N=C\c3ccccc3)n2)cc1. The molecule has 3 aromatic rings. The van der Waals surface area contributed by atoms with E-state index in [2.05, 4.69) is 20.8 Å². The molecule has 0 atom stereocenters. The van der Waals surface area contributed by atoms with E-state index in [0.29, 0.717) is 6.42 Å². The zero-order chi connectivity index (χ0) is 17.5. The number of hydrogen-bond acceptors (Lipinski definition) is 5. The summed E-state index contributed by atoms with van der Waals surface area (Å²) in [6.07, 6.45) is 2.22. The van der Waals surface area contributed by atoms with Gasteiger partial charge in [-0.3, -0.25) is 10.2 Å². The first-order valence-corrected chi connectivity index (χ1v) is 8.82. The first kappa shape index (κ1) is 16.9. The van der Waals surface area contributed by atoms with Gasteiger partial charge in [0.1, 0.15) is 0 Å². The van der Waals surface area contributed by atoms with Crippen LogP contribution in [0.25, 0.3) is 11.3 Å². The minimum absolute atomic E-state index is 0.00386. The first-order valence-electron chi connectivity index (χ1n) is 7.94. The molecular weight excluding hydrogens is 332 g/mol. The highest BCUT2D eigenvalue weighted by Gasteiger charge is 2.05. The van der Waals surface area contributed by atoms with Crippen LogP contribution in [0.3, 0.4) is 0 Å². The van der Waals surface area contributed by atoms with Gasteiger partial charge in [0.25, 0.3) is 0 Å². The third kappa shape index (κ3) is 4.74. The number of carbonyl (C=O) groups is 1. The number of carbonyl (C=O) groups excluding carboxylic acids is 1. The molecule has 5 nitrogen and oxygen atoms in total. The van der Waals surface area contributed by atoms with Crippen LogP contribution in [-0.4, -0.2) is 17.1 Å². The number of thiazole rings is 1. The van der Waals surface area contributed by atoms with E-state index >= 15 is 0 Å². The van der Waals surface area contributed by atoms with Gasteiger partial charge in [-0.25, -0.2) is 4.98 Å². The first-order chi connectivity index (χ1) is 12.2. The Morgan fingerprint density at radius 1 is 1.16 bits per heavy atom. The third-order valence-corrected chi connectivity index (χ3v) is 4.21. The Morgan fingerprint density at radius 3 is 2.64 bits per heavy atom. The van der Waals surface area contributed by atoms with Gasteiger partial charge in [0.15, 0.2) is 0 Å². The maximum Gasteiger partial charge on any atom is 0.224 e. The van der Waals surface area contributed by atoms with E-state index in [-0.39, 0.29) is 5.91 Å². The quantitative estimate of drug-likeness (QED) is 0.504. The highest BCUT2D eigenvalue weighted by atomic mass is 32.1. The van der Waals surface area contributed by atoms with Crippen molar-refractivity contribution < 1.29 is 4.79 Å². The highest BCUT2D eigenvalue weighted by molar-refractivity contribution is 7.14. The maximum absolute atomic E-state index is 11.4. The predicted molar refractivity (Wildman–Crippen MR) is 104 cm³/mol. The van der Waals surface area contributed by atoms with E-state index in [4.69, 9.17) is 0 Å². The van der Waals surface area contributed by atoms with Gasteiger partial charge in [0, 0.05) is 23.1 Å². The van der Waals surface area contributed by atoms with Crippen LogP contribution >= 0.6 is 11.3 Å². The van der Waals surface area contributed by atoms with Crippen LogP contribution in [-0.2, 0) is 4.79 Å². The molecule has 0 unspecified atom stereocenters. The van der Waals surface area contributed by atoms with Crippen molar-refractivity contribution in [2.45, 2.75) is 13.3 Å². The lowest BCUT2D eigenvalue weighted by Crippen LogP contribution is -2.08. The Hall–Kier alpha value is -2.99. The van der Waals surface area contributed by atoms with Crippen molar-refractivity contribution in [3.05, 3.63) is 65.5 Å². The number of aromatic nitrogens is 1. The molecule has 0 aliphatic heterocycles. The number of hydrogen-bond donors (Lipinski definition) is 2. The van der Waals surface area contributed by atoms with Crippen LogP contribution in [0.5, 0.6) is 0 Å². The Labute approximate surface area is 150 Å². The van der Waals surface area contributed by atoms with Crippen molar-refractivity contribution >= 4 is 34.3 Å². The summed E-state index contributed by atoms with van der Waals surface area (Å²) in [4.78, 5) is 15.9. The van der Waals surface area contributed by atoms with Gasteiger partial charge in [-0.2, -0.15) is 5.10 Å². The fourth-order valence-electron chi connectivity index (χ4n) is 2.13. The van der Waals surface area contributed by atoms with Crippen LogP contribution in [0.15, 0.2) is 65.1 Å². The number of anilines is 2. The van der Waals surface area contributed by atoms with Crippen molar-refractivity contribution in [1.82, 2.24) is 4.98 Å². The number of nitrogens with one attached hydrogen (secondary N) is 2. The second-order valence-electron chi connectivity index (χ2n) is 5.30. The van der Waals surface area contributed by atoms with E-state index in [1.54, 1.807) is 6.21 Å². The monoisotopic (exact) mass is 350 g/mol. The van der Waals surface area contributed by atoms with Crippen LogP contribution < -0.4 is 10.7 Å². The van der Waals surface area contributed by atoms with Crippen molar-refractivity contribution in [1.29, 1.82) is 0 Å². The number of amides is 1. The lowest BCUT2D eigenvalue weighted by Gasteiger charge is -2.04. The van der Waals surface area contributed by atoms with Crippen LogP contribution in [0.2, 0.25) is 0 Å². The Bertz CT molecular complexity index is 857. The minimum atomic E-state index is 0.00386. The molecule has 0 saturated heterocycles. The molecule has 0 spiro atoms. The number of rotatable bonds is 6. The molecule has 0 fully saturated rings. The lowest BCUT2D eigenvalue weighted by atomic mass is 10.1. The number of benzene rings is 2. The van der Waals surface area contributed by atoms with Crippen LogP contribution in [0, 0.1) is 0 Å². The average molecular weight is 350 g/mol. The number of nitrogens with zero attached hydrogens (tertiary/aromatic N) is 2. The number of hydrazone groups is 1. The standard InChI is InChI=1S/C19H18N4OS/c1-2-18(24)21-16-10-8-15(9-11-16)17-13-25-19(22-17)23-20-12-14-6-4-3-5-7-14/h3-13H,2H2,1H3,(H,21,24)(H,22,23)/b20-12-. The zero-order valence-electron chi connectivity index (χ0n) is 13.8. The molecule has 3 rings (SSSR count). The summed E-state index contributed by atoms with van der Waals surface area (Å²) in [7, 11) is 0. The van der Waals surface area contributed by atoms with E-state index in [0.717, 1.165) is 27.6 Å². The van der Waals surface area contributed by atoms with Gasteiger partial charge in [-0.1, -0.05) is 49.4 Å².